The Morgan fingerprint density at radius 2 is 1.17 bits per heavy atom. The van der Waals surface area contributed by atoms with Crippen LogP contribution in [0.4, 0.5) is 13.2 Å². The molecular formula is C23H37F3O3. The minimum atomic E-state index is -1.56. The van der Waals surface area contributed by atoms with Crippen LogP contribution < -0.4 is 0 Å². The van der Waals surface area contributed by atoms with E-state index in [0.717, 1.165) is 51.7 Å². The average Bonchev–Trinajstić information content (AvgIpc) is 2.72. The molecule has 4 aliphatic rings. The lowest BCUT2D eigenvalue weighted by Gasteiger charge is -2.44. The summed E-state index contributed by atoms with van der Waals surface area (Å²) in [4.78, 5) is 0. The van der Waals surface area contributed by atoms with E-state index in [2.05, 4.69) is 6.92 Å². The van der Waals surface area contributed by atoms with Crippen LogP contribution in [0.25, 0.3) is 0 Å². The van der Waals surface area contributed by atoms with Gasteiger partial charge in [0.2, 0.25) is 0 Å². The zero-order chi connectivity index (χ0) is 20.5. The van der Waals surface area contributed by atoms with Crippen LogP contribution >= 0.6 is 0 Å². The highest BCUT2D eigenvalue weighted by Crippen LogP contribution is 2.47. The molecule has 3 nitrogen and oxygen atoms in total. The maximum atomic E-state index is 15.0. The van der Waals surface area contributed by atoms with Crippen molar-refractivity contribution in [3.63, 3.8) is 0 Å². The Hall–Kier alpha value is -0.330. The maximum absolute atomic E-state index is 15.0. The second-order valence-electron chi connectivity index (χ2n) is 10.3. The zero-order valence-electron chi connectivity index (χ0n) is 17.5. The molecule has 4 fully saturated rings. The first-order chi connectivity index (χ1) is 13.9. The standard InChI is InChI=1S/C23H37F3O3/c1-13-11-28-23(29-12-13)15-4-2-14(3-5-15)16-6-7-18(19(24)8-16)17-9-20(25)22(27)21(26)10-17/h13-23,27H,2-12H2,1H3. The number of aliphatic hydroxyl groups is 1. The fourth-order valence-corrected chi connectivity index (χ4v) is 6.43. The molecule has 1 heterocycles. The molecule has 0 radical (unpaired) electrons. The maximum Gasteiger partial charge on any atom is 0.160 e. The van der Waals surface area contributed by atoms with E-state index in [1.165, 1.54) is 0 Å². The summed E-state index contributed by atoms with van der Waals surface area (Å²) in [5, 5.41) is 9.51. The van der Waals surface area contributed by atoms with Crippen molar-refractivity contribution in [2.24, 2.45) is 35.5 Å². The molecule has 1 N–H and O–H groups in total. The SMILES string of the molecule is CC1COC(C2CCC(C3CCC(C4CC(F)C(O)C(F)C4)C(F)C3)CC2)OC1. The third kappa shape index (κ3) is 4.95. The summed E-state index contributed by atoms with van der Waals surface area (Å²) in [6.07, 6.45) is 1.07. The largest absolute Gasteiger partial charge is 0.387 e. The molecule has 1 saturated heterocycles. The van der Waals surface area contributed by atoms with Gasteiger partial charge < -0.3 is 14.6 Å². The first-order valence-electron chi connectivity index (χ1n) is 11.8. The third-order valence-corrected chi connectivity index (χ3v) is 8.22. The fraction of sp³-hybridized carbons (Fsp3) is 1.00. The van der Waals surface area contributed by atoms with Crippen LogP contribution in [0.3, 0.4) is 0 Å². The van der Waals surface area contributed by atoms with Gasteiger partial charge in [-0.1, -0.05) is 6.92 Å². The molecule has 5 unspecified atom stereocenters. The van der Waals surface area contributed by atoms with Gasteiger partial charge in [-0.05, 0) is 81.5 Å². The van der Waals surface area contributed by atoms with E-state index in [0.29, 0.717) is 30.1 Å². The second-order valence-corrected chi connectivity index (χ2v) is 10.3. The Morgan fingerprint density at radius 3 is 1.76 bits per heavy atom. The van der Waals surface area contributed by atoms with Crippen LogP contribution in [-0.2, 0) is 9.47 Å². The number of hydrogen-bond acceptors (Lipinski definition) is 3. The highest BCUT2D eigenvalue weighted by molar-refractivity contribution is 4.94. The van der Waals surface area contributed by atoms with E-state index in [4.69, 9.17) is 9.47 Å². The Labute approximate surface area is 172 Å². The normalized spacial score (nSPS) is 52.2. The van der Waals surface area contributed by atoms with Gasteiger partial charge in [-0.25, -0.2) is 13.2 Å². The van der Waals surface area contributed by atoms with Crippen LogP contribution in [0.1, 0.15) is 64.7 Å². The molecule has 0 amide bonds. The van der Waals surface area contributed by atoms with Crippen LogP contribution in [0.5, 0.6) is 0 Å². The molecule has 6 heteroatoms. The lowest BCUT2D eigenvalue weighted by Crippen LogP contribution is -2.45. The molecule has 3 aliphatic carbocycles. The van der Waals surface area contributed by atoms with Gasteiger partial charge in [-0.2, -0.15) is 0 Å². The van der Waals surface area contributed by atoms with Crippen molar-refractivity contribution >= 4 is 0 Å². The average molecular weight is 419 g/mol. The molecule has 3 saturated carbocycles. The number of halogens is 3. The summed E-state index contributed by atoms with van der Waals surface area (Å²) < 4.78 is 54.6. The van der Waals surface area contributed by atoms with Crippen molar-refractivity contribution in [2.45, 2.75) is 95.6 Å². The summed E-state index contributed by atoms with van der Waals surface area (Å²) in [6.45, 7) is 3.68. The number of rotatable bonds is 3. The van der Waals surface area contributed by atoms with Gasteiger partial charge in [-0.3, -0.25) is 0 Å². The number of aliphatic hydroxyl groups excluding tert-OH is 1. The zero-order valence-corrected chi connectivity index (χ0v) is 17.5. The highest BCUT2D eigenvalue weighted by atomic mass is 19.1. The summed E-state index contributed by atoms with van der Waals surface area (Å²) in [6, 6.07) is 0. The third-order valence-electron chi connectivity index (χ3n) is 8.22. The number of ether oxygens (including phenoxy) is 2. The molecule has 5 atom stereocenters. The lowest BCUT2D eigenvalue weighted by atomic mass is 9.64. The second kappa shape index (κ2) is 9.44. The molecule has 168 valence electrons. The topological polar surface area (TPSA) is 38.7 Å². The van der Waals surface area contributed by atoms with Gasteiger partial charge in [0.15, 0.2) is 6.29 Å². The van der Waals surface area contributed by atoms with Crippen molar-refractivity contribution in [3.8, 4) is 0 Å². The summed E-state index contributed by atoms with van der Waals surface area (Å²) in [7, 11) is 0. The van der Waals surface area contributed by atoms with Gasteiger partial charge in [0.25, 0.3) is 0 Å². The van der Waals surface area contributed by atoms with Crippen molar-refractivity contribution in [3.05, 3.63) is 0 Å². The predicted molar refractivity (Wildman–Crippen MR) is 105 cm³/mol. The molecule has 0 bridgehead atoms. The van der Waals surface area contributed by atoms with E-state index in [1.807, 2.05) is 0 Å². The lowest BCUT2D eigenvalue weighted by molar-refractivity contribution is -0.227. The van der Waals surface area contributed by atoms with Gasteiger partial charge in [0.1, 0.15) is 24.6 Å². The molecule has 0 aromatic rings. The van der Waals surface area contributed by atoms with Gasteiger partial charge >= 0.3 is 0 Å². The van der Waals surface area contributed by atoms with Crippen molar-refractivity contribution in [2.75, 3.05) is 13.2 Å². The Morgan fingerprint density at radius 1 is 0.655 bits per heavy atom. The van der Waals surface area contributed by atoms with E-state index in [-0.39, 0.29) is 31.0 Å². The van der Waals surface area contributed by atoms with Crippen LogP contribution in [-0.4, -0.2) is 49.2 Å². The van der Waals surface area contributed by atoms with Crippen molar-refractivity contribution in [1.29, 1.82) is 0 Å². The van der Waals surface area contributed by atoms with Crippen LogP contribution in [0, 0.1) is 35.5 Å². The van der Waals surface area contributed by atoms with E-state index >= 15 is 4.39 Å². The Kier molecular flexibility index (Phi) is 7.12. The predicted octanol–water partition coefficient (Wildman–Crippen LogP) is 5.00. The minimum Gasteiger partial charge on any atom is -0.387 e. The summed E-state index contributed by atoms with van der Waals surface area (Å²) >= 11 is 0. The van der Waals surface area contributed by atoms with E-state index < -0.39 is 24.6 Å². The summed E-state index contributed by atoms with van der Waals surface area (Å²) in [5.41, 5.74) is 0. The fourth-order valence-electron chi connectivity index (χ4n) is 6.43. The smallest absolute Gasteiger partial charge is 0.160 e. The van der Waals surface area contributed by atoms with E-state index in [1.54, 1.807) is 0 Å². The van der Waals surface area contributed by atoms with Gasteiger partial charge in [0, 0.05) is 11.8 Å². The van der Waals surface area contributed by atoms with Crippen molar-refractivity contribution < 1.29 is 27.8 Å². The molecule has 4 rings (SSSR count). The number of alkyl halides is 3. The number of hydrogen-bond donors (Lipinski definition) is 1. The highest BCUT2D eigenvalue weighted by Gasteiger charge is 2.45. The molecule has 1 aliphatic heterocycles. The first kappa shape index (κ1) is 21.9. The van der Waals surface area contributed by atoms with Crippen LogP contribution in [0.15, 0.2) is 0 Å². The van der Waals surface area contributed by atoms with E-state index in [9.17, 15) is 13.9 Å². The Balaban J connectivity index is 1.24. The monoisotopic (exact) mass is 418 g/mol. The van der Waals surface area contributed by atoms with Gasteiger partial charge in [0.05, 0.1) is 13.2 Å². The molecule has 0 aromatic carbocycles. The Bertz CT molecular complexity index is 507. The molecular weight excluding hydrogens is 381 g/mol. The minimum absolute atomic E-state index is 0.0687. The molecule has 29 heavy (non-hydrogen) atoms. The van der Waals surface area contributed by atoms with Crippen molar-refractivity contribution in [1.82, 2.24) is 0 Å². The molecule has 0 spiro atoms. The summed E-state index contributed by atoms with van der Waals surface area (Å²) in [5.74, 6) is 1.31. The molecule has 0 aromatic heterocycles. The quantitative estimate of drug-likeness (QED) is 0.701. The van der Waals surface area contributed by atoms with Gasteiger partial charge in [-0.15, -0.1) is 0 Å². The van der Waals surface area contributed by atoms with Crippen LogP contribution in [0.2, 0.25) is 0 Å². The first-order valence-corrected chi connectivity index (χ1v) is 11.8.